The van der Waals surface area contributed by atoms with Crippen molar-refractivity contribution >= 4 is 23.2 Å². The van der Waals surface area contributed by atoms with E-state index in [1.807, 2.05) is 0 Å². The molecule has 0 aromatic heterocycles. The highest BCUT2D eigenvalue weighted by Gasteiger charge is 2.25. The van der Waals surface area contributed by atoms with Crippen molar-refractivity contribution in [2.45, 2.75) is 0 Å². The van der Waals surface area contributed by atoms with Crippen LogP contribution in [0, 0.1) is 10.1 Å². The standard InChI is InChI=1S/C12H14N4O4/c17-11(12(18)15-7-5-13-6-8-15)14-9-3-1-2-4-10(9)16(19)20/h1-4,13H,5-8H2,(H,14,17). The van der Waals surface area contributed by atoms with Crippen LogP contribution >= 0.6 is 0 Å². The largest absolute Gasteiger partial charge is 0.332 e. The van der Waals surface area contributed by atoms with Crippen LogP contribution < -0.4 is 10.6 Å². The molecule has 1 aromatic carbocycles. The summed E-state index contributed by atoms with van der Waals surface area (Å²) in [7, 11) is 0. The fourth-order valence-electron chi connectivity index (χ4n) is 1.93. The van der Waals surface area contributed by atoms with E-state index in [4.69, 9.17) is 0 Å². The van der Waals surface area contributed by atoms with Crippen LogP contribution in [0.5, 0.6) is 0 Å². The number of nitrogens with one attached hydrogen (secondary N) is 2. The van der Waals surface area contributed by atoms with E-state index in [0.29, 0.717) is 26.2 Å². The van der Waals surface area contributed by atoms with E-state index in [2.05, 4.69) is 10.6 Å². The minimum Gasteiger partial charge on any atom is -0.332 e. The zero-order chi connectivity index (χ0) is 14.5. The van der Waals surface area contributed by atoms with Crippen molar-refractivity contribution in [3.63, 3.8) is 0 Å². The van der Waals surface area contributed by atoms with Crippen LogP contribution in [-0.2, 0) is 9.59 Å². The monoisotopic (exact) mass is 278 g/mol. The Labute approximate surface area is 114 Å². The van der Waals surface area contributed by atoms with Crippen LogP contribution in [0.2, 0.25) is 0 Å². The SMILES string of the molecule is O=C(Nc1ccccc1[N+](=O)[O-])C(=O)N1CCNCC1. The maximum atomic E-state index is 11.9. The van der Waals surface area contributed by atoms with Crippen LogP contribution in [0.25, 0.3) is 0 Å². The van der Waals surface area contributed by atoms with E-state index in [-0.39, 0.29) is 11.4 Å². The van der Waals surface area contributed by atoms with Gasteiger partial charge >= 0.3 is 11.8 Å². The first-order valence-electron chi connectivity index (χ1n) is 6.14. The summed E-state index contributed by atoms with van der Waals surface area (Å²) in [5.74, 6) is -1.54. The average Bonchev–Trinajstić information content (AvgIpc) is 2.47. The third kappa shape index (κ3) is 3.09. The van der Waals surface area contributed by atoms with E-state index in [0.717, 1.165) is 0 Å². The molecule has 0 unspecified atom stereocenters. The van der Waals surface area contributed by atoms with Gasteiger partial charge in [-0.25, -0.2) is 0 Å². The molecule has 2 rings (SSSR count). The predicted molar refractivity (Wildman–Crippen MR) is 71.2 cm³/mol. The number of amides is 2. The molecule has 0 bridgehead atoms. The molecule has 1 fully saturated rings. The lowest BCUT2D eigenvalue weighted by Crippen LogP contribution is -2.49. The Morgan fingerprint density at radius 3 is 2.55 bits per heavy atom. The van der Waals surface area contributed by atoms with Gasteiger partial charge in [0, 0.05) is 32.2 Å². The zero-order valence-corrected chi connectivity index (χ0v) is 10.7. The van der Waals surface area contributed by atoms with Crippen LogP contribution in [0.15, 0.2) is 24.3 Å². The fraction of sp³-hybridized carbons (Fsp3) is 0.333. The van der Waals surface area contributed by atoms with E-state index in [9.17, 15) is 19.7 Å². The van der Waals surface area contributed by atoms with Gasteiger partial charge in [-0.05, 0) is 6.07 Å². The Balaban J connectivity index is 2.07. The van der Waals surface area contributed by atoms with E-state index in [1.54, 1.807) is 6.07 Å². The molecule has 0 spiro atoms. The quantitative estimate of drug-likeness (QED) is 0.449. The first kappa shape index (κ1) is 13.9. The molecule has 1 saturated heterocycles. The van der Waals surface area contributed by atoms with Gasteiger partial charge in [-0.3, -0.25) is 19.7 Å². The maximum absolute atomic E-state index is 11.9. The molecule has 2 amide bonds. The van der Waals surface area contributed by atoms with Gasteiger partial charge in [-0.15, -0.1) is 0 Å². The summed E-state index contributed by atoms with van der Waals surface area (Å²) in [5, 5.41) is 16.2. The van der Waals surface area contributed by atoms with Crippen LogP contribution in [0.1, 0.15) is 0 Å². The molecule has 0 radical (unpaired) electrons. The minimum atomic E-state index is -0.860. The number of benzene rings is 1. The van der Waals surface area contributed by atoms with Crippen molar-refractivity contribution in [3.8, 4) is 0 Å². The van der Waals surface area contributed by atoms with Crippen molar-refractivity contribution in [2.75, 3.05) is 31.5 Å². The lowest BCUT2D eigenvalue weighted by molar-refractivity contribution is -0.383. The van der Waals surface area contributed by atoms with Crippen LogP contribution in [0.3, 0.4) is 0 Å². The molecule has 8 heteroatoms. The minimum absolute atomic E-state index is 0.0194. The number of rotatable bonds is 2. The Morgan fingerprint density at radius 1 is 1.25 bits per heavy atom. The molecule has 1 aliphatic rings. The Hall–Kier alpha value is -2.48. The summed E-state index contributed by atoms with van der Waals surface area (Å²) in [4.78, 5) is 35.4. The number of carbonyl (C=O) groups excluding carboxylic acids is 2. The van der Waals surface area contributed by atoms with Gasteiger partial charge in [0.15, 0.2) is 0 Å². The molecule has 106 valence electrons. The molecular weight excluding hydrogens is 264 g/mol. The van der Waals surface area contributed by atoms with Gasteiger partial charge in [0.1, 0.15) is 5.69 Å². The number of hydrogen-bond donors (Lipinski definition) is 2. The third-order valence-corrected chi connectivity index (χ3v) is 2.95. The number of para-hydroxylation sites is 2. The molecule has 8 nitrogen and oxygen atoms in total. The van der Waals surface area contributed by atoms with E-state index < -0.39 is 16.7 Å². The molecule has 2 N–H and O–H groups in total. The lowest BCUT2D eigenvalue weighted by Gasteiger charge is -2.26. The normalized spacial score (nSPS) is 14.7. The lowest BCUT2D eigenvalue weighted by atomic mass is 10.2. The number of anilines is 1. The van der Waals surface area contributed by atoms with E-state index >= 15 is 0 Å². The first-order chi connectivity index (χ1) is 9.59. The number of piperazine rings is 1. The zero-order valence-electron chi connectivity index (χ0n) is 10.7. The summed E-state index contributed by atoms with van der Waals surface area (Å²) in [6.07, 6.45) is 0. The highest BCUT2D eigenvalue weighted by atomic mass is 16.6. The second-order valence-electron chi connectivity index (χ2n) is 4.27. The van der Waals surface area contributed by atoms with Gasteiger partial charge in [0.25, 0.3) is 5.69 Å². The Bertz CT molecular complexity index is 540. The topological polar surface area (TPSA) is 105 Å². The predicted octanol–water partition coefficient (Wildman–Crippen LogP) is -0.0349. The first-order valence-corrected chi connectivity index (χ1v) is 6.14. The maximum Gasteiger partial charge on any atom is 0.314 e. The number of carbonyl (C=O) groups is 2. The van der Waals surface area contributed by atoms with Gasteiger partial charge < -0.3 is 15.5 Å². The second kappa shape index (κ2) is 6.11. The number of nitro benzene ring substituents is 1. The van der Waals surface area contributed by atoms with Crippen molar-refractivity contribution in [3.05, 3.63) is 34.4 Å². The molecule has 1 aliphatic heterocycles. The molecule has 0 saturated carbocycles. The smallest absolute Gasteiger partial charge is 0.314 e. The second-order valence-corrected chi connectivity index (χ2v) is 4.27. The summed E-state index contributed by atoms with van der Waals surface area (Å²) < 4.78 is 0. The molecule has 20 heavy (non-hydrogen) atoms. The van der Waals surface area contributed by atoms with E-state index in [1.165, 1.54) is 23.1 Å². The molecule has 1 heterocycles. The van der Waals surface area contributed by atoms with Crippen LogP contribution in [0.4, 0.5) is 11.4 Å². The van der Waals surface area contributed by atoms with Gasteiger partial charge in [-0.1, -0.05) is 12.1 Å². The summed E-state index contributed by atoms with van der Waals surface area (Å²) >= 11 is 0. The molecule has 0 atom stereocenters. The molecular formula is C12H14N4O4. The van der Waals surface area contributed by atoms with Crippen molar-refractivity contribution in [1.82, 2.24) is 10.2 Å². The van der Waals surface area contributed by atoms with Crippen molar-refractivity contribution in [1.29, 1.82) is 0 Å². The van der Waals surface area contributed by atoms with Crippen molar-refractivity contribution < 1.29 is 14.5 Å². The Morgan fingerprint density at radius 2 is 1.90 bits per heavy atom. The Kier molecular flexibility index (Phi) is 4.26. The third-order valence-electron chi connectivity index (χ3n) is 2.95. The fourth-order valence-corrected chi connectivity index (χ4v) is 1.93. The summed E-state index contributed by atoms with van der Waals surface area (Å²) in [6.45, 7) is 2.15. The van der Waals surface area contributed by atoms with Gasteiger partial charge in [0.05, 0.1) is 4.92 Å². The molecule has 1 aromatic rings. The average molecular weight is 278 g/mol. The summed E-state index contributed by atoms with van der Waals surface area (Å²) in [5.41, 5.74) is -0.222. The highest BCUT2D eigenvalue weighted by Crippen LogP contribution is 2.23. The van der Waals surface area contributed by atoms with Crippen LogP contribution in [-0.4, -0.2) is 47.8 Å². The number of nitro groups is 1. The molecule has 0 aliphatic carbocycles. The van der Waals surface area contributed by atoms with Gasteiger partial charge in [0.2, 0.25) is 0 Å². The summed E-state index contributed by atoms with van der Waals surface area (Å²) in [6, 6.07) is 5.70. The van der Waals surface area contributed by atoms with Gasteiger partial charge in [-0.2, -0.15) is 0 Å². The number of hydrogen-bond acceptors (Lipinski definition) is 5. The number of nitrogens with zero attached hydrogens (tertiary/aromatic N) is 2. The highest BCUT2D eigenvalue weighted by molar-refractivity contribution is 6.39. The van der Waals surface area contributed by atoms with Crippen molar-refractivity contribution in [2.24, 2.45) is 0 Å².